The first-order valence-electron chi connectivity index (χ1n) is 13.9. The Labute approximate surface area is 219 Å². The predicted molar refractivity (Wildman–Crippen MR) is 158 cm³/mol. The second kappa shape index (κ2) is 9.72. The van der Waals surface area contributed by atoms with Crippen LogP contribution in [0.1, 0.15) is 149 Å². The maximum atomic E-state index is 2.48. The highest BCUT2D eigenvalue weighted by Crippen LogP contribution is 2.43. The van der Waals surface area contributed by atoms with E-state index in [2.05, 4.69) is 134 Å². The van der Waals surface area contributed by atoms with Gasteiger partial charge in [-0.3, -0.25) is 0 Å². The lowest BCUT2D eigenvalue weighted by Gasteiger charge is -2.38. The third-order valence-corrected chi connectivity index (χ3v) is 7.28. The largest absolute Gasteiger partial charge is 0.0585 e. The van der Waals surface area contributed by atoms with Gasteiger partial charge in [-0.25, -0.2) is 0 Å². The minimum Gasteiger partial charge on any atom is -0.0585 e. The molecular weight excluding hydrogens is 420 g/mol. The second-order valence-electron chi connectivity index (χ2n) is 16.0. The fraction of sp³-hybridized carbons (Fsp3) is 0.657. The van der Waals surface area contributed by atoms with Gasteiger partial charge in [-0.1, -0.05) is 134 Å². The highest BCUT2D eigenvalue weighted by atomic mass is 14.4. The van der Waals surface area contributed by atoms with Crippen molar-refractivity contribution in [3.8, 4) is 0 Å². The van der Waals surface area contributed by atoms with Crippen molar-refractivity contribution in [2.75, 3.05) is 0 Å². The van der Waals surface area contributed by atoms with Crippen LogP contribution >= 0.6 is 0 Å². The molecule has 2 aromatic carbocycles. The maximum Gasteiger partial charge on any atom is -0.0126 e. The van der Waals surface area contributed by atoms with E-state index in [4.69, 9.17) is 0 Å². The van der Waals surface area contributed by atoms with Gasteiger partial charge in [0.15, 0.2) is 0 Å². The standard InChI is InChI=1S/C35H56/c1-31(2,3)26-21-19-24(28(23-26)33(7,8)9)17-16-18-25-20-22-27(32(4,5)6)30(35(13,14)15)29(25)34(10,11)12/h19-23H,16-18H2,1-15H3. The molecule has 196 valence electrons. The third-order valence-electron chi connectivity index (χ3n) is 7.28. The molecule has 0 radical (unpaired) electrons. The van der Waals surface area contributed by atoms with Gasteiger partial charge in [0.2, 0.25) is 0 Å². The predicted octanol–water partition coefficient (Wildman–Crippen LogP) is 10.3. The molecule has 0 aromatic heterocycles. The Morgan fingerprint density at radius 3 is 1.31 bits per heavy atom. The summed E-state index contributed by atoms with van der Waals surface area (Å²) in [7, 11) is 0. The molecule has 0 heteroatoms. The minimum atomic E-state index is 0.115. The van der Waals surface area contributed by atoms with Crippen molar-refractivity contribution < 1.29 is 0 Å². The topological polar surface area (TPSA) is 0 Å². The molecule has 0 bridgehead atoms. The van der Waals surface area contributed by atoms with Gasteiger partial charge in [0.25, 0.3) is 0 Å². The first-order valence-corrected chi connectivity index (χ1v) is 13.9. The average molecular weight is 477 g/mol. The molecule has 0 aliphatic rings. The first-order chi connectivity index (χ1) is 15.5. The quantitative estimate of drug-likeness (QED) is 0.411. The van der Waals surface area contributed by atoms with Crippen LogP contribution in [0.25, 0.3) is 0 Å². The van der Waals surface area contributed by atoms with Crippen molar-refractivity contribution in [1.82, 2.24) is 0 Å². The maximum absolute atomic E-state index is 2.48. The van der Waals surface area contributed by atoms with E-state index in [1.807, 2.05) is 0 Å². The molecule has 35 heavy (non-hydrogen) atoms. The van der Waals surface area contributed by atoms with Crippen molar-refractivity contribution in [3.63, 3.8) is 0 Å². The Morgan fingerprint density at radius 2 is 0.886 bits per heavy atom. The molecule has 0 spiro atoms. The van der Waals surface area contributed by atoms with Gasteiger partial charge < -0.3 is 0 Å². The van der Waals surface area contributed by atoms with E-state index in [-0.39, 0.29) is 27.1 Å². The number of benzene rings is 2. The third kappa shape index (κ3) is 7.24. The Bertz CT molecular complexity index is 1010. The van der Waals surface area contributed by atoms with Gasteiger partial charge in [-0.15, -0.1) is 0 Å². The molecular formula is C35H56. The Kier molecular flexibility index (Phi) is 8.24. The van der Waals surface area contributed by atoms with Crippen molar-refractivity contribution in [2.24, 2.45) is 0 Å². The van der Waals surface area contributed by atoms with Crippen LogP contribution in [0.3, 0.4) is 0 Å². The van der Waals surface area contributed by atoms with E-state index < -0.39 is 0 Å². The summed E-state index contributed by atoms with van der Waals surface area (Å²) in [6, 6.07) is 12.1. The molecule has 0 aliphatic heterocycles. The van der Waals surface area contributed by atoms with Crippen LogP contribution in [-0.2, 0) is 39.9 Å². The fourth-order valence-electron chi connectivity index (χ4n) is 5.54. The first kappa shape index (κ1) is 29.7. The van der Waals surface area contributed by atoms with Crippen LogP contribution < -0.4 is 0 Å². The van der Waals surface area contributed by atoms with E-state index >= 15 is 0 Å². The van der Waals surface area contributed by atoms with E-state index in [0.29, 0.717) is 0 Å². The lowest BCUT2D eigenvalue weighted by atomic mass is 9.67. The van der Waals surface area contributed by atoms with Gasteiger partial charge in [-0.2, -0.15) is 0 Å². The Hall–Kier alpha value is -1.56. The van der Waals surface area contributed by atoms with Crippen molar-refractivity contribution in [1.29, 1.82) is 0 Å². The molecule has 0 heterocycles. The molecule has 0 saturated heterocycles. The Morgan fingerprint density at radius 1 is 0.429 bits per heavy atom. The summed E-state index contributed by atoms with van der Waals surface area (Å²) in [5.41, 5.74) is 11.4. The summed E-state index contributed by atoms with van der Waals surface area (Å²) in [5.74, 6) is 0. The van der Waals surface area contributed by atoms with Gasteiger partial charge in [0, 0.05) is 0 Å². The zero-order valence-electron chi connectivity index (χ0n) is 26.0. The number of aryl methyl sites for hydroxylation is 2. The van der Waals surface area contributed by atoms with E-state index in [1.165, 1.54) is 28.7 Å². The molecule has 0 nitrogen and oxygen atoms in total. The van der Waals surface area contributed by atoms with Crippen LogP contribution in [0.15, 0.2) is 30.3 Å². The molecule has 0 atom stereocenters. The molecule has 0 N–H and O–H groups in total. The summed E-state index contributed by atoms with van der Waals surface area (Å²) in [6.45, 7) is 35.5. The van der Waals surface area contributed by atoms with Gasteiger partial charge >= 0.3 is 0 Å². The summed E-state index contributed by atoms with van der Waals surface area (Å²) in [5, 5.41) is 0. The monoisotopic (exact) mass is 476 g/mol. The summed E-state index contributed by atoms with van der Waals surface area (Å²) < 4.78 is 0. The van der Waals surface area contributed by atoms with Crippen LogP contribution in [-0.4, -0.2) is 0 Å². The van der Waals surface area contributed by atoms with E-state index in [0.717, 1.165) is 12.8 Å². The Balaban J connectivity index is 2.50. The van der Waals surface area contributed by atoms with Crippen LogP contribution in [0, 0.1) is 0 Å². The number of hydrogen-bond donors (Lipinski definition) is 0. The van der Waals surface area contributed by atoms with Crippen LogP contribution in [0.5, 0.6) is 0 Å². The summed E-state index contributed by atoms with van der Waals surface area (Å²) >= 11 is 0. The fourth-order valence-corrected chi connectivity index (χ4v) is 5.54. The van der Waals surface area contributed by atoms with E-state index in [1.54, 1.807) is 16.7 Å². The summed E-state index contributed by atoms with van der Waals surface area (Å²) in [4.78, 5) is 0. The molecule has 2 aromatic rings. The lowest BCUT2D eigenvalue weighted by molar-refractivity contribution is 0.493. The average Bonchev–Trinajstić information content (AvgIpc) is 2.63. The zero-order valence-corrected chi connectivity index (χ0v) is 26.0. The minimum absolute atomic E-state index is 0.115. The molecule has 2 rings (SSSR count). The molecule has 0 unspecified atom stereocenters. The van der Waals surface area contributed by atoms with Crippen LogP contribution in [0.2, 0.25) is 0 Å². The highest BCUT2D eigenvalue weighted by Gasteiger charge is 2.33. The molecule has 0 fully saturated rings. The SMILES string of the molecule is CC(C)(C)c1ccc(CCCc2ccc(C(C)(C)C)c(C(C)(C)C)c2C(C)(C)C)c(C(C)(C)C)c1. The van der Waals surface area contributed by atoms with Gasteiger partial charge in [0.05, 0.1) is 0 Å². The number of rotatable bonds is 4. The number of hydrogen-bond acceptors (Lipinski definition) is 0. The molecule has 0 amide bonds. The zero-order chi connectivity index (χ0) is 27.2. The van der Waals surface area contributed by atoms with Crippen molar-refractivity contribution in [3.05, 3.63) is 69.3 Å². The van der Waals surface area contributed by atoms with E-state index in [9.17, 15) is 0 Å². The van der Waals surface area contributed by atoms with Gasteiger partial charge in [-0.05, 0) is 85.3 Å². The normalized spacial score (nSPS) is 13.9. The second-order valence-corrected chi connectivity index (χ2v) is 16.0. The van der Waals surface area contributed by atoms with Crippen molar-refractivity contribution >= 4 is 0 Å². The summed E-state index contributed by atoms with van der Waals surface area (Å²) in [6.07, 6.45) is 3.44. The lowest BCUT2D eigenvalue weighted by Crippen LogP contribution is -2.29. The van der Waals surface area contributed by atoms with Crippen molar-refractivity contribution in [2.45, 2.75) is 150 Å². The smallest absolute Gasteiger partial charge is 0.0126 e. The highest BCUT2D eigenvalue weighted by molar-refractivity contribution is 5.51. The molecule has 0 saturated carbocycles. The van der Waals surface area contributed by atoms with Crippen LogP contribution in [0.4, 0.5) is 0 Å². The molecule has 0 aliphatic carbocycles. The van der Waals surface area contributed by atoms with Gasteiger partial charge in [0.1, 0.15) is 0 Å².